The summed E-state index contributed by atoms with van der Waals surface area (Å²) in [6, 6.07) is 3.61. The molecular weight excluding hydrogens is 362 g/mol. The summed E-state index contributed by atoms with van der Waals surface area (Å²) >= 11 is 0. The van der Waals surface area contributed by atoms with Crippen molar-refractivity contribution in [3.05, 3.63) is 24.2 Å². The van der Waals surface area contributed by atoms with Crippen LogP contribution < -0.4 is 5.32 Å². The van der Waals surface area contributed by atoms with Gasteiger partial charge in [0, 0.05) is 32.1 Å². The van der Waals surface area contributed by atoms with E-state index in [0.717, 1.165) is 5.76 Å². The van der Waals surface area contributed by atoms with Crippen LogP contribution in [0.4, 0.5) is 4.79 Å². The van der Waals surface area contributed by atoms with Gasteiger partial charge in [-0.25, -0.2) is 4.79 Å². The van der Waals surface area contributed by atoms with Crippen LogP contribution in [0.2, 0.25) is 0 Å². The molecule has 1 aromatic heterocycles. The van der Waals surface area contributed by atoms with Crippen LogP contribution in [-0.2, 0) is 20.9 Å². The Bertz CT molecular complexity index is 702. The highest BCUT2D eigenvalue weighted by Crippen LogP contribution is 2.24. The smallest absolute Gasteiger partial charge is 0.407 e. The molecule has 2 fully saturated rings. The van der Waals surface area contributed by atoms with Gasteiger partial charge in [0.2, 0.25) is 11.8 Å². The first kappa shape index (κ1) is 20.2. The number of hydrogen-bond acceptors (Lipinski definition) is 5. The summed E-state index contributed by atoms with van der Waals surface area (Å²) in [7, 11) is 0. The van der Waals surface area contributed by atoms with Crippen molar-refractivity contribution in [2.24, 2.45) is 5.92 Å². The van der Waals surface area contributed by atoms with E-state index in [1.807, 2.05) is 31.7 Å². The second-order valence-corrected chi connectivity index (χ2v) is 8.50. The summed E-state index contributed by atoms with van der Waals surface area (Å²) in [6.45, 7) is 7.44. The Hall–Kier alpha value is -2.51. The summed E-state index contributed by atoms with van der Waals surface area (Å²) in [5, 5.41) is 2.87. The normalized spacial score (nSPS) is 21.1. The maximum Gasteiger partial charge on any atom is 0.407 e. The Balaban J connectivity index is 1.45. The Morgan fingerprint density at radius 2 is 2.00 bits per heavy atom. The quantitative estimate of drug-likeness (QED) is 0.849. The number of likely N-dealkylation sites (tertiary alicyclic amines) is 2. The molecule has 0 aliphatic carbocycles. The Kier molecular flexibility index (Phi) is 5.96. The van der Waals surface area contributed by atoms with E-state index in [-0.39, 0.29) is 30.2 Å². The summed E-state index contributed by atoms with van der Waals surface area (Å²) in [6.07, 6.45) is 2.76. The van der Waals surface area contributed by atoms with Gasteiger partial charge in [-0.15, -0.1) is 0 Å². The number of amides is 3. The highest BCUT2D eigenvalue weighted by molar-refractivity contribution is 5.89. The molecule has 1 unspecified atom stereocenters. The fraction of sp³-hybridized carbons (Fsp3) is 0.650. The molecule has 1 aromatic rings. The van der Waals surface area contributed by atoms with Gasteiger partial charge in [-0.2, -0.15) is 0 Å². The van der Waals surface area contributed by atoms with Gasteiger partial charge < -0.3 is 24.3 Å². The molecule has 8 heteroatoms. The van der Waals surface area contributed by atoms with Crippen molar-refractivity contribution in [3.8, 4) is 0 Å². The van der Waals surface area contributed by atoms with Gasteiger partial charge in [0.1, 0.15) is 11.4 Å². The second kappa shape index (κ2) is 8.24. The summed E-state index contributed by atoms with van der Waals surface area (Å²) in [5.74, 6) is 0.413. The van der Waals surface area contributed by atoms with Crippen LogP contribution in [0, 0.1) is 5.92 Å². The van der Waals surface area contributed by atoms with Crippen LogP contribution in [0.15, 0.2) is 22.8 Å². The van der Waals surface area contributed by atoms with Crippen LogP contribution >= 0.6 is 0 Å². The first-order chi connectivity index (χ1) is 13.2. The summed E-state index contributed by atoms with van der Waals surface area (Å²) in [4.78, 5) is 40.4. The number of alkyl carbamates (subject to hydrolysis) is 1. The predicted octanol–water partition coefficient (Wildman–Crippen LogP) is 2.14. The van der Waals surface area contributed by atoms with Crippen molar-refractivity contribution >= 4 is 17.9 Å². The third-order valence-electron chi connectivity index (χ3n) is 5.02. The molecule has 28 heavy (non-hydrogen) atoms. The number of nitrogens with zero attached hydrogens (tertiary/aromatic N) is 2. The molecule has 2 aliphatic heterocycles. The minimum Gasteiger partial charge on any atom is -0.467 e. The molecule has 0 bridgehead atoms. The highest BCUT2D eigenvalue weighted by atomic mass is 16.6. The van der Waals surface area contributed by atoms with E-state index in [0.29, 0.717) is 39.0 Å². The minimum absolute atomic E-state index is 0.000406. The summed E-state index contributed by atoms with van der Waals surface area (Å²) < 4.78 is 10.6. The molecule has 154 valence electrons. The van der Waals surface area contributed by atoms with Gasteiger partial charge in [-0.3, -0.25) is 9.59 Å². The first-order valence-corrected chi connectivity index (χ1v) is 9.80. The van der Waals surface area contributed by atoms with Crippen LogP contribution in [0.3, 0.4) is 0 Å². The standard InChI is InChI=1S/C20H29N3O5/c1-20(2,3)28-19(26)21-15-6-8-22(9-7-15)18(25)14-11-17(24)23(12-14)13-16-5-4-10-27-16/h4-5,10,14-15H,6-9,11-13H2,1-3H3,(H,21,26). The molecule has 0 spiro atoms. The van der Waals surface area contributed by atoms with Gasteiger partial charge in [-0.1, -0.05) is 0 Å². The molecule has 1 N–H and O–H groups in total. The number of ether oxygens (including phenoxy) is 1. The lowest BCUT2D eigenvalue weighted by molar-refractivity contribution is -0.136. The van der Waals surface area contributed by atoms with E-state index >= 15 is 0 Å². The zero-order chi connectivity index (χ0) is 20.3. The minimum atomic E-state index is -0.530. The maximum absolute atomic E-state index is 12.8. The van der Waals surface area contributed by atoms with Gasteiger partial charge in [0.15, 0.2) is 0 Å². The number of piperidine rings is 1. The lowest BCUT2D eigenvalue weighted by atomic mass is 10.0. The van der Waals surface area contributed by atoms with E-state index < -0.39 is 11.7 Å². The molecular formula is C20H29N3O5. The predicted molar refractivity (Wildman–Crippen MR) is 101 cm³/mol. The van der Waals surface area contributed by atoms with E-state index in [1.54, 1.807) is 17.2 Å². The first-order valence-electron chi connectivity index (χ1n) is 9.80. The van der Waals surface area contributed by atoms with Crippen molar-refractivity contribution in [2.75, 3.05) is 19.6 Å². The molecule has 3 amide bonds. The lowest BCUT2D eigenvalue weighted by Crippen LogP contribution is -2.49. The van der Waals surface area contributed by atoms with Crippen molar-refractivity contribution in [3.63, 3.8) is 0 Å². The SMILES string of the molecule is CC(C)(C)OC(=O)NC1CCN(C(=O)C2CC(=O)N(Cc3ccco3)C2)CC1. The van der Waals surface area contributed by atoms with Crippen molar-refractivity contribution in [1.82, 2.24) is 15.1 Å². The molecule has 1 atom stereocenters. The summed E-state index contributed by atoms with van der Waals surface area (Å²) in [5.41, 5.74) is -0.530. The zero-order valence-electron chi connectivity index (χ0n) is 16.8. The monoisotopic (exact) mass is 391 g/mol. The molecule has 0 saturated carbocycles. The highest BCUT2D eigenvalue weighted by Gasteiger charge is 2.37. The van der Waals surface area contributed by atoms with E-state index in [4.69, 9.17) is 9.15 Å². The number of rotatable bonds is 4. The van der Waals surface area contributed by atoms with Gasteiger partial charge in [-0.05, 0) is 45.7 Å². The van der Waals surface area contributed by atoms with Gasteiger partial charge in [0.25, 0.3) is 0 Å². The van der Waals surface area contributed by atoms with E-state index in [9.17, 15) is 14.4 Å². The van der Waals surface area contributed by atoms with E-state index in [1.165, 1.54) is 0 Å². The number of nitrogens with one attached hydrogen (secondary N) is 1. The van der Waals surface area contributed by atoms with Crippen LogP contribution in [0.5, 0.6) is 0 Å². The lowest BCUT2D eigenvalue weighted by Gasteiger charge is -2.34. The van der Waals surface area contributed by atoms with Crippen molar-refractivity contribution in [2.45, 2.75) is 58.2 Å². The number of carbonyl (C=O) groups excluding carboxylic acids is 3. The Morgan fingerprint density at radius 1 is 1.29 bits per heavy atom. The third-order valence-corrected chi connectivity index (χ3v) is 5.02. The fourth-order valence-corrected chi connectivity index (χ4v) is 3.66. The molecule has 3 rings (SSSR count). The van der Waals surface area contributed by atoms with E-state index in [2.05, 4.69) is 5.32 Å². The van der Waals surface area contributed by atoms with Crippen LogP contribution in [-0.4, -0.2) is 59.0 Å². The molecule has 0 radical (unpaired) electrons. The molecule has 8 nitrogen and oxygen atoms in total. The Labute approximate surface area is 165 Å². The van der Waals surface area contributed by atoms with Crippen molar-refractivity contribution in [1.29, 1.82) is 0 Å². The fourth-order valence-electron chi connectivity index (χ4n) is 3.66. The Morgan fingerprint density at radius 3 is 2.61 bits per heavy atom. The average molecular weight is 391 g/mol. The topological polar surface area (TPSA) is 92.1 Å². The molecule has 2 aliphatic rings. The van der Waals surface area contributed by atoms with Gasteiger partial charge in [0.05, 0.1) is 18.7 Å². The molecule has 0 aromatic carbocycles. The van der Waals surface area contributed by atoms with Gasteiger partial charge >= 0.3 is 6.09 Å². The van der Waals surface area contributed by atoms with Crippen molar-refractivity contribution < 1.29 is 23.5 Å². The third kappa shape index (κ3) is 5.27. The van der Waals surface area contributed by atoms with Crippen LogP contribution in [0.25, 0.3) is 0 Å². The molecule has 3 heterocycles. The largest absolute Gasteiger partial charge is 0.467 e. The number of carbonyl (C=O) groups is 3. The van der Waals surface area contributed by atoms with Crippen LogP contribution in [0.1, 0.15) is 45.8 Å². The maximum atomic E-state index is 12.8. The number of furan rings is 1. The molecule has 2 saturated heterocycles. The average Bonchev–Trinajstić information content (AvgIpc) is 3.24. The second-order valence-electron chi connectivity index (χ2n) is 8.50. The zero-order valence-corrected chi connectivity index (χ0v) is 16.8. The number of hydrogen-bond donors (Lipinski definition) is 1.